The second-order valence-electron chi connectivity index (χ2n) is 11.4. The lowest BCUT2D eigenvalue weighted by Crippen LogP contribution is -2.36. The first-order chi connectivity index (χ1) is 21.3. The molecule has 2 aliphatic rings. The summed E-state index contributed by atoms with van der Waals surface area (Å²) in [5.74, 6) is -1.14. The summed E-state index contributed by atoms with van der Waals surface area (Å²) in [6, 6.07) is 21.0. The first-order valence-corrected chi connectivity index (χ1v) is 15.0. The van der Waals surface area contributed by atoms with Crippen LogP contribution in [0.2, 0.25) is 0 Å². The molecular formula is C34H38N4O6. The van der Waals surface area contributed by atoms with E-state index in [1.807, 2.05) is 54.3 Å². The fourth-order valence-corrected chi connectivity index (χ4v) is 5.36. The molecule has 1 heterocycles. The van der Waals surface area contributed by atoms with Gasteiger partial charge in [0.15, 0.2) is 0 Å². The molecule has 0 aromatic heterocycles. The number of anilines is 2. The van der Waals surface area contributed by atoms with Gasteiger partial charge in [-0.2, -0.15) is 0 Å². The van der Waals surface area contributed by atoms with Crippen molar-refractivity contribution in [2.45, 2.75) is 45.3 Å². The fraction of sp³-hybridized carbons (Fsp3) is 0.353. The number of aliphatic carboxylic acids is 1. The number of amides is 3. The molecule has 1 aliphatic heterocycles. The van der Waals surface area contributed by atoms with Crippen LogP contribution in [-0.2, 0) is 20.9 Å². The Balaban J connectivity index is 1.36. The monoisotopic (exact) mass is 598 g/mol. The van der Waals surface area contributed by atoms with Crippen molar-refractivity contribution in [3.8, 4) is 0 Å². The van der Waals surface area contributed by atoms with Crippen LogP contribution in [0.3, 0.4) is 0 Å². The minimum Gasteiger partial charge on any atom is -0.481 e. The summed E-state index contributed by atoms with van der Waals surface area (Å²) < 4.78 is 5.47. The predicted octanol–water partition coefficient (Wildman–Crippen LogP) is 5.14. The molecule has 3 N–H and O–H groups in total. The zero-order chi connectivity index (χ0) is 31.1. The number of carboxylic acids is 1. The Hall–Kier alpha value is -4.86. The van der Waals surface area contributed by atoms with Crippen LogP contribution in [0.4, 0.5) is 16.2 Å². The zero-order valence-corrected chi connectivity index (χ0v) is 24.8. The highest BCUT2D eigenvalue weighted by atomic mass is 16.5. The second-order valence-corrected chi connectivity index (χ2v) is 11.4. The molecule has 0 spiro atoms. The van der Waals surface area contributed by atoms with Crippen molar-refractivity contribution >= 4 is 35.3 Å². The molecule has 10 nitrogen and oxygen atoms in total. The average molecular weight is 599 g/mol. The Morgan fingerprint density at radius 3 is 2.39 bits per heavy atom. The van der Waals surface area contributed by atoms with Crippen LogP contribution < -0.4 is 15.5 Å². The maximum absolute atomic E-state index is 13.5. The number of carbonyl (C=O) groups is 4. The topological polar surface area (TPSA) is 128 Å². The van der Waals surface area contributed by atoms with E-state index < -0.39 is 24.0 Å². The quantitative estimate of drug-likeness (QED) is 0.295. The summed E-state index contributed by atoms with van der Waals surface area (Å²) >= 11 is 0. The van der Waals surface area contributed by atoms with Gasteiger partial charge >= 0.3 is 12.1 Å². The molecule has 0 bridgehead atoms. The third-order valence-electron chi connectivity index (χ3n) is 7.95. The standard InChI is InChI=1S/C34H38N4O6/c1-23-8-10-25(11-9-23)28(21-31(39)40)35-32(41)27-14-15-30(37-16-5-17-38(19-18-37)33(42)26-12-13-26)29(20-27)36-34(43)44-22-24-6-3-2-4-7-24/h2-4,6-11,14-15,20,26,28H,5,12-13,16-19,21-22H2,1H3,(H,35,41)(H,36,43)(H,39,40). The molecule has 10 heteroatoms. The summed E-state index contributed by atoms with van der Waals surface area (Å²) in [5, 5.41) is 15.2. The third-order valence-corrected chi connectivity index (χ3v) is 7.95. The Morgan fingerprint density at radius 1 is 0.932 bits per heavy atom. The van der Waals surface area contributed by atoms with Crippen molar-refractivity contribution in [1.29, 1.82) is 0 Å². The molecule has 3 aromatic rings. The van der Waals surface area contributed by atoms with Crippen molar-refractivity contribution in [3.63, 3.8) is 0 Å². The minimum atomic E-state index is -1.04. The van der Waals surface area contributed by atoms with Gasteiger partial charge in [0, 0.05) is 37.7 Å². The van der Waals surface area contributed by atoms with Gasteiger partial charge in [-0.1, -0.05) is 60.2 Å². The lowest BCUT2D eigenvalue weighted by atomic mass is 10.0. The van der Waals surface area contributed by atoms with E-state index in [2.05, 4.69) is 15.5 Å². The highest BCUT2D eigenvalue weighted by Gasteiger charge is 2.34. The molecule has 1 saturated carbocycles. The number of hydrogen-bond donors (Lipinski definition) is 3. The molecule has 1 unspecified atom stereocenters. The lowest BCUT2D eigenvalue weighted by Gasteiger charge is -2.26. The van der Waals surface area contributed by atoms with Gasteiger partial charge in [-0.15, -0.1) is 0 Å². The Kier molecular flexibility index (Phi) is 9.79. The minimum absolute atomic E-state index is 0.0809. The molecule has 3 amide bonds. The molecular weight excluding hydrogens is 560 g/mol. The fourth-order valence-electron chi connectivity index (χ4n) is 5.36. The maximum Gasteiger partial charge on any atom is 0.412 e. The number of nitrogens with zero attached hydrogens (tertiary/aromatic N) is 2. The Labute approximate surface area is 257 Å². The van der Waals surface area contributed by atoms with Crippen LogP contribution in [0.25, 0.3) is 0 Å². The average Bonchev–Trinajstić information content (AvgIpc) is 3.88. The van der Waals surface area contributed by atoms with Gasteiger partial charge < -0.3 is 25.0 Å². The van der Waals surface area contributed by atoms with Gasteiger partial charge in [0.2, 0.25) is 5.91 Å². The number of nitrogens with one attached hydrogen (secondary N) is 2. The van der Waals surface area contributed by atoms with Crippen molar-refractivity contribution in [2.24, 2.45) is 5.92 Å². The normalized spacial score (nSPS) is 15.6. The van der Waals surface area contributed by atoms with E-state index in [4.69, 9.17) is 4.74 Å². The highest BCUT2D eigenvalue weighted by Crippen LogP contribution is 2.33. The molecule has 0 radical (unpaired) electrons. The van der Waals surface area contributed by atoms with Crippen molar-refractivity contribution in [2.75, 3.05) is 36.4 Å². The van der Waals surface area contributed by atoms with Gasteiger partial charge in [-0.05, 0) is 55.5 Å². The van der Waals surface area contributed by atoms with Crippen LogP contribution in [0, 0.1) is 12.8 Å². The maximum atomic E-state index is 13.5. The molecule has 1 saturated heterocycles. The van der Waals surface area contributed by atoms with Gasteiger partial charge in [0.25, 0.3) is 5.91 Å². The van der Waals surface area contributed by atoms with Crippen molar-refractivity contribution in [3.05, 3.63) is 95.1 Å². The van der Waals surface area contributed by atoms with Gasteiger partial charge in [0.1, 0.15) is 6.61 Å². The van der Waals surface area contributed by atoms with Crippen LogP contribution in [0.5, 0.6) is 0 Å². The lowest BCUT2D eigenvalue weighted by molar-refractivity contribution is -0.137. The van der Waals surface area contributed by atoms with Crippen LogP contribution >= 0.6 is 0 Å². The number of ether oxygens (including phenoxy) is 1. The van der Waals surface area contributed by atoms with Gasteiger partial charge in [0.05, 0.1) is 23.8 Å². The molecule has 230 valence electrons. The summed E-state index contributed by atoms with van der Waals surface area (Å²) in [4.78, 5) is 54.7. The zero-order valence-electron chi connectivity index (χ0n) is 24.8. The first kappa shape index (κ1) is 30.6. The number of rotatable bonds is 10. The number of aryl methyl sites for hydroxylation is 1. The molecule has 1 aliphatic carbocycles. The predicted molar refractivity (Wildman–Crippen MR) is 166 cm³/mol. The summed E-state index contributed by atoms with van der Waals surface area (Å²) in [6.07, 6.45) is 1.73. The van der Waals surface area contributed by atoms with Crippen molar-refractivity contribution in [1.82, 2.24) is 10.2 Å². The van der Waals surface area contributed by atoms with Crippen LogP contribution in [-0.4, -0.2) is 60.1 Å². The van der Waals surface area contributed by atoms with Gasteiger partial charge in [-0.3, -0.25) is 19.7 Å². The summed E-state index contributed by atoms with van der Waals surface area (Å²) in [5.41, 5.74) is 3.90. The summed E-state index contributed by atoms with van der Waals surface area (Å²) in [6.45, 7) is 4.51. The molecule has 3 aromatic carbocycles. The van der Waals surface area contributed by atoms with E-state index in [1.165, 1.54) is 0 Å². The number of carboxylic acid groups (broad SMARTS) is 1. The SMILES string of the molecule is Cc1ccc(C(CC(=O)O)NC(=O)c2ccc(N3CCCN(C(=O)C4CC4)CC3)c(NC(=O)OCc3ccccc3)c2)cc1. The van der Waals surface area contributed by atoms with Gasteiger partial charge in [-0.25, -0.2) is 4.79 Å². The molecule has 2 fully saturated rings. The second kappa shape index (κ2) is 14.1. The smallest absolute Gasteiger partial charge is 0.412 e. The number of hydrogen-bond acceptors (Lipinski definition) is 6. The summed E-state index contributed by atoms with van der Waals surface area (Å²) in [7, 11) is 0. The third kappa shape index (κ3) is 8.15. The van der Waals surface area contributed by atoms with E-state index in [-0.39, 0.29) is 30.4 Å². The molecule has 1 atom stereocenters. The van der Waals surface area contributed by atoms with Crippen molar-refractivity contribution < 1.29 is 29.0 Å². The van der Waals surface area contributed by atoms with Crippen LogP contribution in [0.1, 0.15) is 58.8 Å². The van der Waals surface area contributed by atoms with Crippen LogP contribution in [0.15, 0.2) is 72.8 Å². The Morgan fingerprint density at radius 2 is 1.68 bits per heavy atom. The van der Waals surface area contributed by atoms with E-state index in [1.54, 1.807) is 30.3 Å². The largest absolute Gasteiger partial charge is 0.481 e. The molecule has 5 rings (SSSR count). The molecule has 44 heavy (non-hydrogen) atoms. The highest BCUT2D eigenvalue weighted by molar-refractivity contribution is 5.99. The van der Waals surface area contributed by atoms with E-state index in [0.29, 0.717) is 43.1 Å². The Bertz CT molecular complexity index is 1490. The van der Waals surface area contributed by atoms with E-state index in [0.717, 1.165) is 30.4 Å². The number of benzene rings is 3. The number of carbonyl (C=O) groups excluding carboxylic acids is 3. The van der Waals surface area contributed by atoms with E-state index >= 15 is 0 Å². The van der Waals surface area contributed by atoms with E-state index in [9.17, 15) is 24.3 Å². The first-order valence-electron chi connectivity index (χ1n) is 15.0.